The second-order valence-electron chi connectivity index (χ2n) is 5.38. The van der Waals surface area contributed by atoms with Gasteiger partial charge in [0.05, 0.1) is 13.1 Å². The van der Waals surface area contributed by atoms with Gasteiger partial charge < -0.3 is 20.1 Å². The van der Waals surface area contributed by atoms with Gasteiger partial charge in [0, 0.05) is 29.6 Å². The lowest BCUT2D eigenvalue weighted by Gasteiger charge is -2.13. The lowest BCUT2D eigenvalue weighted by Crippen LogP contribution is -2.86. The molecule has 20 heavy (non-hydrogen) atoms. The van der Waals surface area contributed by atoms with Crippen LogP contribution >= 0.6 is 0 Å². The molecule has 2 aromatic rings. The summed E-state index contributed by atoms with van der Waals surface area (Å²) in [6.45, 7) is 6.61. The third-order valence-corrected chi connectivity index (χ3v) is 3.94. The Morgan fingerprint density at radius 1 is 1.25 bits per heavy atom. The van der Waals surface area contributed by atoms with Gasteiger partial charge in [0.25, 0.3) is 0 Å². The molecule has 0 unspecified atom stereocenters. The molecule has 1 aromatic heterocycles. The number of quaternary nitrogens is 1. The second-order valence-corrected chi connectivity index (χ2v) is 5.38. The number of hydrogen-bond acceptors (Lipinski definition) is 2. The van der Waals surface area contributed by atoms with Gasteiger partial charge in [-0.15, -0.1) is 0 Å². The number of fused-ring (bicyclic) bond motifs is 1. The zero-order chi connectivity index (χ0) is 14.5. The normalized spacial score (nSPS) is 13.0. The smallest absolute Gasteiger partial charge is 0.121 e. The van der Waals surface area contributed by atoms with E-state index in [-0.39, 0.29) is 12.7 Å². The van der Waals surface area contributed by atoms with Crippen LogP contribution in [0.4, 0.5) is 0 Å². The van der Waals surface area contributed by atoms with Crippen LogP contribution in [0.15, 0.2) is 24.3 Å². The first-order chi connectivity index (χ1) is 9.65. The Kier molecular flexibility index (Phi) is 5.17. The highest BCUT2D eigenvalue weighted by molar-refractivity contribution is 5.85. The van der Waals surface area contributed by atoms with Crippen molar-refractivity contribution >= 4 is 10.9 Å². The molecule has 4 nitrogen and oxygen atoms in total. The summed E-state index contributed by atoms with van der Waals surface area (Å²) in [5.41, 5.74) is 3.70. The van der Waals surface area contributed by atoms with Crippen molar-refractivity contribution in [3.63, 3.8) is 0 Å². The van der Waals surface area contributed by atoms with Crippen molar-refractivity contribution in [2.75, 3.05) is 19.7 Å². The number of aryl methyl sites for hydroxylation is 1. The van der Waals surface area contributed by atoms with E-state index in [1.807, 2.05) is 6.07 Å². The van der Waals surface area contributed by atoms with Gasteiger partial charge in [-0.05, 0) is 25.5 Å². The van der Waals surface area contributed by atoms with Gasteiger partial charge in [0.2, 0.25) is 0 Å². The van der Waals surface area contributed by atoms with Crippen molar-refractivity contribution in [3.8, 4) is 0 Å². The highest BCUT2D eigenvalue weighted by Crippen LogP contribution is 2.24. The Bertz CT molecular complexity index is 563. The summed E-state index contributed by atoms with van der Waals surface area (Å²) in [6, 6.07) is 8.33. The highest BCUT2D eigenvalue weighted by Gasteiger charge is 2.14. The lowest BCUT2D eigenvalue weighted by molar-refractivity contribution is -0.661. The van der Waals surface area contributed by atoms with E-state index >= 15 is 0 Å². The van der Waals surface area contributed by atoms with Gasteiger partial charge in [-0.3, -0.25) is 0 Å². The first-order valence-electron chi connectivity index (χ1n) is 7.30. The summed E-state index contributed by atoms with van der Waals surface area (Å²) < 4.78 is 2.20. The summed E-state index contributed by atoms with van der Waals surface area (Å²) in [6.07, 6.45) is 0.403. The van der Waals surface area contributed by atoms with Gasteiger partial charge >= 0.3 is 0 Å². The van der Waals surface area contributed by atoms with Crippen LogP contribution in [0.1, 0.15) is 17.7 Å². The Labute approximate surface area is 120 Å². The molecule has 0 saturated heterocycles. The molecule has 0 aliphatic carbocycles. The number of para-hydroxylation sites is 1. The van der Waals surface area contributed by atoms with E-state index in [9.17, 15) is 5.11 Å². The molecule has 0 radical (unpaired) electrons. The monoisotopic (exact) mass is 277 g/mol. The molecule has 4 N–H and O–H groups in total. The first kappa shape index (κ1) is 15.0. The van der Waals surface area contributed by atoms with Crippen LogP contribution < -0.4 is 5.32 Å². The van der Waals surface area contributed by atoms with Crippen molar-refractivity contribution in [3.05, 3.63) is 35.5 Å². The molecule has 2 rings (SSSR count). The molecule has 1 heterocycles. The van der Waals surface area contributed by atoms with Crippen LogP contribution in [0, 0.1) is 13.8 Å². The van der Waals surface area contributed by atoms with Crippen LogP contribution in [-0.4, -0.2) is 40.6 Å². The maximum absolute atomic E-state index is 10.2. The molecule has 1 atom stereocenters. The molecule has 0 amide bonds. The predicted octanol–water partition coefficient (Wildman–Crippen LogP) is 0.565. The van der Waals surface area contributed by atoms with E-state index in [4.69, 9.17) is 5.11 Å². The molecular weight excluding hydrogens is 252 g/mol. The van der Waals surface area contributed by atoms with Crippen LogP contribution in [-0.2, 0) is 6.54 Å². The van der Waals surface area contributed by atoms with E-state index in [2.05, 4.69) is 41.9 Å². The van der Waals surface area contributed by atoms with Crippen molar-refractivity contribution in [1.82, 2.24) is 4.57 Å². The average Bonchev–Trinajstić information content (AvgIpc) is 2.69. The average molecular weight is 277 g/mol. The number of nitrogens with two attached hydrogens (primary N) is 1. The minimum absolute atomic E-state index is 0.215. The Hall–Kier alpha value is -1.36. The predicted molar refractivity (Wildman–Crippen MR) is 80.8 cm³/mol. The summed E-state index contributed by atoms with van der Waals surface area (Å²) in [5, 5.41) is 22.2. The fourth-order valence-corrected chi connectivity index (χ4v) is 2.67. The number of hydrogen-bond donors (Lipinski definition) is 3. The third kappa shape index (κ3) is 3.20. The van der Waals surface area contributed by atoms with Gasteiger partial charge in [0.15, 0.2) is 0 Å². The van der Waals surface area contributed by atoms with E-state index < -0.39 is 0 Å². The van der Waals surface area contributed by atoms with E-state index in [1.165, 1.54) is 22.2 Å². The Morgan fingerprint density at radius 3 is 2.75 bits per heavy atom. The zero-order valence-electron chi connectivity index (χ0n) is 12.3. The summed E-state index contributed by atoms with van der Waals surface area (Å²) in [5.74, 6) is 0. The summed E-state index contributed by atoms with van der Waals surface area (Å²) in [4.78, 5) is 0. The van der Waals surface area contributed by atoms with E-state index in [0.29, 0.717) is 13.1 Å². The topological polar surface area (TPSA) is 62.0 Å². The number of benzene rings is 1. The molecule has 0 bridgehead atoms. The van der Waals surface area contributed by atoms with Crippen molar-refractivity contribution < 1.29 is 15.5 Å². The SMILES string of the molecule is Cc1c(C)n(C[C@@H](O)C[NH2+]CCCO)c2ccccc12. The van der Waals surface area contributed by atoms with E-state index in [0.717, 1.165) is 13.0 Å². The largest absolute Gasteiger partial charge is 0.396 e. The maximum atomic E-state index is 10.2. The van der Waals surface area contributed by atoms with Crippen molar-refractivity contribution in [2.24, 2.45) is 0 Å². The molecule has 4 heteroatoms. The molecule has 0 spiro atoms. The Morgan fingerprint density at radius 2 is 2.00 bits per heavy atom. The molecule has 0 aliphatic rings. The van der Waals surface area contributed by atoms with Crippen LogP contribution in [0.2, 0.25) is 0 Å². The first-order valence-corrected chi connectivity index (χ1v) is 7.30. The fraction of sp³-hybridized carbons (Fsp3) is 0.500. The van der Waals surface area contributed by atoms with E-state index in [1.54, 1.807) is 0 Å². The number of rotatable bonds is 7. The van der Waals surface area contributed by atoms with Gasteiger partial charge in [-0.1, -0.05) is 18.2 Å². The molecule has 110 valence electrons. The quantitative estimate of drug-likeness (QED) is 0.648. The molecule has 0 saturated carbocycles. The zero-order valence-corrected chi connectivity index (χ0v) is 12.3. The second kappa shape index (κ2) is 6.88. The maximum Gasteiger partial charge on any atom is 0.121 e. The number of nitrogens with zero attached hydrogens (tertiary/aromatic N) is 1. The molecular formula is C16H25N2O2+. The van der Waals surface area contributed by atoms with Crippen molar-refractivity contribution in [1.29, 1.82) is 0 Å². The lowest BCUT2D eigenvalue weighted by atomic mass is 10.2. The standard InChI is InChI=1S/C16H24N2O2/c1-12-13(2)18(16-7-4-3-6-15(12)16)11-14(20)10-17-8-5-9-19/h3-4,6-7,14,17,19-20H,5,8-11H2,1-2H3/p+1/t14-/m0/s1. The van der Waals surface area contributed by atoms with Gasteiger partial charge in [0.1, 0.15) is 12.6 Å². The van der Waals surface area contributed by atoms with Crippen LogP contribution in [0.5, 0.6) is 0 Å². The number of aliphatic hydroxyl groups excluding tert-OH is 2. The fourth-order valence-electron chi connectivity index (χ4n) is 2.67. The molecule has 1 aromatic carbocycles. The summed E-state index contributed by atoms with van der Waals surface area (Å²) >= 11 is 0. The van der Waals surface area contributed by atoms with Crippen LogP contribution in [0.3, 0.4) is 0 Å². The van der Waals surface area contributed by atoms with Crippen LogP contribution in [0.25, 0.3) is 10.9 Å². The highest BCUT2D eigenvalue weighted by atomic mass is 16.3. The molecule has 0 aliphatic heterocycles. The number of aromatic nitrogens is 1. The minimum Gasteiger partial charge on any atom is -0.396 e. The minimum atomic E-state index is -0.373. The Balaban J connectivity index is 2.07. The van der Waals surface area contributed by atoms with Crippen molar-refractivity contribution in [2.45, 2.75) is 32.9 Å². The number of aliphatic hydroxyl groups is 2. The van der Waals surface area contributed by atoms with Gasteiger partial charge in [-0.25, -0.2) is 0 Å². The third-order valence-electron chi connectivity index (χ3n) is 3.94. The molecule has 0 fully saturated rings. The van der Waals surface area contributed by atoms with Gasteiger partial charge in [-0.2, -0.15) is 0 Å². The summed E-state index contributed by atoms with van der Waals surface area (Å²) in [7, 11) is 0.